The summed E-state index contributed by atoms with van der Waals surface area (Å²) in [4.78, 5) is 12.2. The van der Waals surface area contributed by atoms with E-state index in [1.807, 2.05) is 24.3 Å². The van der Waals surface area contributed by atoms with E-state index in [0.29, 0.717) is 24.4 Å². The summed E-state index contributed by atoms with van der Waals surface area (Å²) in [6, 6.07) is 9.33. The second-order valence-electron chi connectivity index (χ2n) is 5.08. The van der Waals surface area contributed by atoms with Gasteiger partial charge in [0.1, 0.15) is 0 Å². The summed E-state index contributed by atoms with van der Waals surface area (Å²) in [7, 11) is -2.04. The molecular formula is C15H16N2O3S2. The fourth-order valence-electron chi connectivity index (χ4n) is 2.52. The van der Waals surface area contributed by atoms with Crippen LogP contribution in [-0.2, 0) is 23.0 Å². The zero-order valence-electron chi connectivity index (χ0n) is 12.1. The number of fused-ring (bicyclic) bond motifs is 1. The van der Waals surface area contributed by atoms with Crippen LogP contribution >= 0.6 is 11.3 Å². The van der Waals surface area contributed by atoms with E-state index < -0.39 is 10.0 Å². The summed E-state index contributed by atoms with van der Waals surface area (Å²) < 4.78 is 26.9. The maximum absolute atomic E-state index is 12.7. The van der Waals surface area contributed by atoms with Gasteiger partial charge in [-0.3, -0.25) is 4.79 Å². The van der Waals surface area contributed by atoms with Gasteiger partial charge in [0.25, 0.3) is 5.91 Å². The SMILES string of the molecule is CNC(=O)c1cc(S(=O)(=O)N2CCc3ccccc3C2)cs1. The van der Waals surface area contributed by atoms with Gasteiger partial charge in [0.05, 0.1) is 9.77 Å². The number of nitrogens with zero attached hydrogens (tertiary/aromatic N) is 1. The number of benzene rings is 1. The van der Waals surface area contributed by atoms with E-state index in [4.69, 9.17) is 0 Å². The first-order valence-corrected chi connectivity index (χ1v) is 9.22. The van der Waals surface area contributed by atoms with Crippen molar-refractivity contribution in [2.24, 2.45) is 0 Å². The van der Waals surface area contributed by atoms with Crippen molar-refractivity contribution in [1.29, 1.82) is 0 Å². The highest BCUT2D eigenvalue weighted by Crippen LogP contribution is 2.27. The normalized spacial score (nSPS) is 15.3. The van der Waals surface area contributed by atoms with Crippen molar-refractivity contribution < 1.29 is 13.2 Å². The lowest BCUT2D eigenvalue weighted by Gasteiger charge is -2.27. The van der Waals surface area contributed by atoms with Gasteiger partial charge in [-0.05, 0) is 23.6 Å². The molecule has 0 unspecified atom stereocenters. The fraction of sp³-hybridized carbons (Fsp3) is 0.267. The topological polar surface area (TPSA) is 66.5 Å². The Bertz CT molecular complexity index is 812. The predicted octanol–water partition coefficient (Wildman–Crippen LogP) is 1.85. The molecule has 1 amide bonds. The minimum absolute atomic E-state index is 0.190. The molecule has 2 aromatic rings. The summed E-state index contributed by atoms with van der Waals surface area (Å²) in [5.41, 5.74) is 2.24. The summed E-state index contributed by atoms with van der Waals surface area (Å²) >= 11 is 1.14. The first-order chi connectivity index (χ1) is 10.5. The van der Waals surface area contributed by atoms with Gasteiger partial charge in [-0.25, -0.2) is 8.42 Å². The lowest BCUT2D eigenvalue weighted by molar-refractivity contribution is 0.0967. The minimum atomic E-state index is -3.56. The van der Waals surface area contributed by atoms with Crippen molar-refractivity contribution in [3.8, 4) is 0 Å². The summed E-state index contributed by atoms with van der Waals surface area (Å²) in [5.74, 6) is -0.268. The van der Waals surface area contributed by atoms with Crippen LogP contribution in [0.4, 0.5) is 0 Å². The molecule has 1 N–H and O–H groups in total. The van der Waals surface area contributed by atoms with E-state index in [-0.39, 0.29) is 10.8 Å². The first kappa shape index (κ1) is 15.2. The second-order valence-corrected chi connectivity index (χ2v) is 7.93. The van der Waals surface area contributed by atoms with E-state index in [9.17, 15) is 13.2 Å². The van der Waals surface area contributed by atoms with Gasteiger partial charge in [0.15, 0.2) is 0 Å². The lowest BCUT2D eigenvalue weighted by Crippen LogP contribution is -2.35. The Hall–Kier alpha value is -1.70. The first-order valence-electron chi connectivity index (χ1n) is 6.90. The fourth-order valence-corrected chi connectivity index (χ4v) is 5.15. The largest absolute Gasteiger partial charge is 0.354 e. The number of hydrogen-bond acceptors (Lipinski definition) is 4. The number of thiophene rings is 1. The number of hydrogen-bond donors (Lipinski definition) is 1. The standard InChI is InChI=1S/C15H16N2O3S2/c1-16-15(18)14-8-13(10-21-14)22(19,20)17-7-6-11-4-2-3-5-12(11)9-17/h2-5,8,10H,6-7,9H2,1H3,(H,16,18). The second kappa shape index (κ2) is 5.83. The number of rotatable bonds is 3. The van der Waals surface area contributed by atoms with E-state index in [1.54, 1.807) is 0 Å². The molecule has 1 aliphatic rings. The quantitative estimate of drug-likeness (QED) is 0.930. The monoisotopic (exact) mass is 336 g/mol. The molecule has 0 aliphatic carbocycles. The molecule has 1 aromatic carbocycles. The smallest absolute Gasteiger partial charge is 0.261 e. The van der Waals surface area contributed by atoms with Crippen molar-refractivity contribution in [3.05, 3.63) is 51.7 Å². The number of carbonyl (C=O) groups is 1. The Morgan fingerprint density at radius 3 is 2.73 bits per heavy atom. The van der Waals surface area contributed by atoms with Gasteiger partial charge in [-0.2, -0.15) is 4.31 Å². The molecular weight excluding hydrogens is 320 g/mol. The van der Waals surface area contributed by atoms with Gasteiger partial charge in [0, 0.05) is 25.5 Å². The molecule has 1 aliphatic heterocycles. The Labute approximate surface area is 133 Å². The molecule has 7 heteroatoms. The molecule has 0 saturated heterocycles. The zero-order chi connectivity index (χ0) is 15.7. The maximum atomic E-state index is 12.7. The molecule has 3 rings (SSSR count). The van der Waals surface area contributed by atoms with Gasteiger partial charge in [-0.15, -0.1) is 11.3 Å². The van der Waals surface area contributed by atoms with Gasteiger partial charge in [0.2, 0.25) is 10.0 Å². The van der Waals surface area contributed by atoms with Crippen LogP contribution in [-0.4, -0.2) is 32.2 Å². The van der Waals surface area contributed by atoms with Crippen molar-refractivity contribution in [1.82, 2.24) is 9.62 Å². The average Bonchev–Trinajstić information content (AvgIpc) is 3.04. The molecule has 0 atom stereocenters. The molecule has 0 bridgehead atoms. The molecule has 5 nitrogen and oxygen atoms in total. The van der Waals surface area contributed by atoms with Crippen LogP contribution in [0.2, 0.25) is 0 Å². The molecule has 2 heterocycles. The van der Waals surface area contributed by atoms with Crippen LogP contribution in [0, 0.1) is 0 Å². The Balaban J connectivity index is 1.88. The minimum Gasteiger partial charge on any atom is -0.354 e. The van der Waals surface area contributed by atoms with Crippen LogP contribution in [0.1, 0.15) is 20.8 Å². The molecule has 0 radical (unpaired) electrons. The van der Waals surface area contributed by atoms with E-state index in [0.717, 1.165) is 16.9 Å². The lowest BCUT2D eigenvalue weighted by atomic mass is 10.0. The van der Waals surface area contributed by atoms with Crippen molar-refractivity contribution >= 4 is 27.3 Å². The maximum Gasteiger partial charge on any atom is 0.261 e. The van der Waals surface area contributed by atoms with Crippen molar-refractivity contribution in [2.75, 3.05) is 13.6 Å². The third-order valence-corrected chi connectivity index (χ3v) is 6.66. The number of amides is 1. The molecule has 0 spiro atoms. The zero-order valence-corrected chi connectivity index (χ0v) is 13.7. The van der Waals surface area contributed by atoms with Crippen LogP contribution in [0.5, 0.6) is 0 Å². The Morgan fingerprint density at radius 2 is 2.00 bits per heavy atom. The average molecular weight is 336 g/mol. The van der Waals surface area contributed by atoms with E-state index in [2.05, 4.69) is 5.32 Å². The van der Waals surface area contributed by atoms with Gasteiger partial charge < -0.3 is 5.32 Å². The number of sulfonamides is 1. The van der Waals surface area contributed by atoms with Crippen molar-refractivity contribution in [3.63, 3.8) is 0 Å². The van der Waals surface area contributed by atoms with Crippen LogP contribution in [0.3, 0.4) is 0 Å². The third-order valence-electron chi connectivity index (χ3n) is 3.76. The Kier molecular flexibility index (Phi) is 4.03. The predicted molar refractivity (Wildman–Crippen MR) is 85.5 cm³/mol. The molecule has 1 aromatic heterocycles. The summed E-state index contributed by atoms with van der Waals surface area (Å²) in [6.07, 6.45) is 0.710. The summed E-state index contributed by atoms with van der Waals surface area (Å²) in [6.45, 7) is 0.841. The van der Waals surface area contributed by atoms with Crippen LogP contribution in [0.25, 0.3) is 0 Å². The highest BCUT2D eigenvalue weighted by atomic mass is 32.2. The summed E-state index contributed by atoms with van der Waals surface area (Å²) in [5, 5.41) is 4.03. The molecule has 116 valence electrons. The number of nitrogens with one attached hydrogen (secondary N) is 1. The molecule has 0 saturated carbocycles. The van der Waals surface area contributed by atoms with Gasteiger partial charge in [-0.1, -0.05) is 24.3 Å². The molecule has 0 fully saturated rings. The van der Waals surface area contributed by atoms with Crippen LogP contribution < -0.4 is 5.32 Å². The van der Waals surface area contributed by atoms with Gasteiger partial charge >= 0.3 is 0 Å². The highest BCUT2D eigenvalue weighted by molar-refractivity contribution is 7.89. The number of carbonyl (C=O) groups excluding carboxylic acids is 1. The molecule has 22 heavy (non-hydrogen) atoms. The van der Waals surface area contributed by atoms with Crippen molar-refractivity contribution in [2.45, 2.75) is 17.9 Å². The third kappa shape index (κ3) is 2.67. The Morgan fingerprint density at radius 1 is 1.27 bits per heavy atom. The van der Waals surface area contributed by atoms with Crippen LogP contribution in [0.15, 0.2) is 40.6 Å². The van der Waals surface area contributed by atoms with E-state index >= 15 is 0 Å². The van der Waals surface area contributed by atoms with E-state index in [1.165, 1.54) is 28.4 Å². The highest BCUT2D eigenvalue weighted by Gasteiger charge is 2.29.